The molecule has 1 aliphatic rings. The largest absolute Gasteiger partial charge is 0.481 e. The van der Waals surface area contributed by atoms with E-state index in [0.717, 1.165) is 18.4 Å². The molecule has 0 saturated heterocycles. The Morgan fingerprint density at radius 1 is 0.860 bits per heavy atom. The lowest BCUT2D eigenvalue weighted by Gasteiger charge is -2.18. The highest BCUT2D eigenvalue weighted by Gasteiger charge is 2.40. The molecule has 1 heterocycles. The van der Waals surface area contributed by atoms with Crippen LogP contribution in [0.5, 0.6) is 0 Å². The van der Waals surface area contributed by atoms with Gasteiger partial charge in [-0.25, -0.2) is 18.6 Å². The Morgan fingerprint density at radius 3 is 1.95 bits per heavy atom. The molecule has 1 aliphatic carbocycles. The van der Waals surface area contributed by atoms with Gasteiger partial charge in [0.15, 0.2) is 11.4 Å². The average Bonchev–Trinajstić information content (AvgIpc) is 3.62. The first-order chi connectivity index (χ1) is 20.4. The molecular formula is C30H28F2N4O7. The monoisotopic (exact) mass is 594 g/mol. The van der Waals surface area contributed by atoms with Crippen molar-refractivity contribution in [3.8, 4) is 22.5 Å². The van der Waals surface area contributed by atoms with E-state index in [1.165, 1.54) is 29.6 Å². The maximum absolute atomic E-state index is 14.8. The molecular weight excluding hydrogens is 566 g/mol. The van der Waals surface area contributed by atoms with Gasteiger partial charge >= 0.3 is 17.9 Å². The molecule has 0 atom stereocenters. The van der Waals surface area contributed by atoms with Gasteiger partial charge in [0, 0.05) is 23.7 Å². The molecule has 11 nitrogen and oxygen atoms in total. The number of aliphatic carboxylic acids is 3. The van der Waals surface area contributed by atoms with Crippen LogP contribution >= 0.6 is 0 Å². The molecule has 0 fully saturated rings. The van der Waals surface area contributed by atoms with Gasteiger partial charge < -0.3 is 25.7 Å². The van der Waals surface area contributed by atoms with E-state index in [4.69, 9.17) is 20.4 Å². The van der Waals surface area contributed by atoms with Gasteiger partial charge in [-0.1, -0.05) is 42.5 Å². The Morgan fingerprint density at radius 2 is 1.44 bits per heavy atom. The van der Waals surface area contributed by atoms with Crippen molar-refractivity contribution < 1.29 is 43.6 Å². The number of hydrogen-bond acceptors (Lipinski definition) is 7. The predicted molar refractivity (Wildman–Crippen MR) is 149 cm³/mol. The summed E-state index contributed by atoms with van der Waals surface area (Å²) in [4.78, 5) is 34.6. The second kappa shape index (κ2) is 13.3. The summed E-state index contributed by atoms with van der Waals surface area (Å²) in [5, 5.41) is 43.8. The summed E-state index contributed by atoms with van der Waals surface area (Å²) in [6.45, 7) is 0.161. The van der Waals surface area contributed by atoms with Crippen molar-refractivity contribution in [3.63, 3.8) is 0 Å². The fraction of sp³-hybridized carbons (Fsp3) is 0.233. The van der Waals surface area contributed by atoms with Crippen molar-refractivity contribution in [3.05, 3.63) is 95.3 Å². The number of rotatable bonds is 10. The van der Waals surface area contributed by atoms with Crippen LogP contribution in [0, 0.1) is 11.6 Å². The number of H-pyrrole nitrogens is 1. The van der Waals surface area contributed by atoms with Crippen LogP contribution in [0.1, 0.15) is 29.5 Å². The first kappa shape index (κ1) is 30.9. The Bertz CT molecular complexity index is 1560. The predicted octanol–water partition coefficient (Wildman–Crippen LogP) is 3.43. The topological polar surface area (TPSA) is 186 Å². The third-order valence-corrected chi connectivity index (χ3v) is 6.93. The number of benzene rings is 3. The SMILES string of the molecule is Fc1cc(-c2cccc(-c3ncn[nH]3)c2)cc(F)c1CNC1Cc2ccccc2C1.O=C(O)CC(O)(CC(=O)O)C(=O)O. The fourth-order valence-electron chi connectivity index (χ4n) is 4.79. The van der Waals surface area contributed by atoms with E-state index >= 15 is 0 Å². The number of aliphatic hydroxyl groups is 1. The lowest BCUT2D eigenvalue weighted by atomic mass is 9.96. The Kier molecular flexibility index (Phi) is 9.58. The number of carboxylic acid groups (broad SMARTS) is 3. The first-order valence-corrected chi connectivity index (χ1v) is 13.1. The Hall–Kier alpha value is -5.01. The maximum atomic E-state index is 14.8. The standard InChI is InChI=1S/C24H20F2N4.C6H8O7/c25-22-11-19(15-6-3-7-18(8-15)24-28-14-29-30-24)12-23(26)21(22)13-27-20-9-16-4-1-2-5-17(16)10-20;7-3(8)1-6(13,5(11)12)2-4(9)10/h1-8,11-12,14,20,27H,9-10,13H2,(H,28,29,30);13H,1-2H2,(H,7,8)(H,9,10)(H,11,12). The van der Waals surface area contributed by atoms with Crippen molar-refractivity contribution in [1.29, 1.82) is 0 Å². The van der Waals surface area contributed by atoms with Crippen LogP contribution in [0.4, 0.5) is 8.78 Å². The van der Waals surface area contributed by atoms with Crippen LogP contribution in [0.25, 0.3) is 22.5 Å². The lowest BCUT2D eigenvalue weighted by Crippen LogP contribution is -2.42. The summed E-state index contributed by atoms with van der Waals surface area (Å²) >= 11 is 0. The fourth-order valence-corrected chi connectivity index (χ4v) is 4.79. The molecule has 0 aliphatic heterocycles. The second-order valence-electron chi connectivity index (χ2n) is 10.1. The second-order valence-corrected chi connectivity index (χ2v) is 10.1. The van der Waals surface area contributed by atoms with Crippen LogP contribution in [0.3, 0.4) is 0 Å². The summed E-state index contributed by atoms with van der Waals surface area (Å²) in [6.07, 6.45) is 0.896. The molecule has 13 heteroatoms. The van der Waals surface area contributed by atoms with Gasteiger partial charge in [0.25, 0.3) is 0 Å². The van der Waals surface area contributed by atoms with E-state index in [2.05, 4.69) is 32.6 Å². The van der Waals surface area contributed by atoms with Crippen molar-refractivity contribution in [2.24, 2.45) is 0 Å². The van der Waals surface area contributed by atoms with E-state index < -0.39 is 48.0 Å². The van der Waals surface area contributed by atoms with Crippen LogP contribution < -0.4 is 5.32 Å². The van der Waals surface area contributed by atoms with Gasteiger partial charge in [0.1, 0.15) is 18.0 Å². The van der Waals surface area contributed by atoms with Gasteiger partial charge in [-0.05, 0) is 53.3 Å². The molecule has 224 valence electrons. The van der Waals surface area contributed by atoms with Gasteiger partial charge in [-0.15, -0.1) is 0 Å². The summed E-state index contributed by atoms with van der Waals surface area (Å²) in [6, 6.07) is 18.6. The van der Waals surface area contributed by atoms with Gasteiger partial charge in [0.2, 0.25) is 0 Å². The summed E-state index contributed by atoms with van der Waals surface area (Å²) in [5.41, 5.74) is 1.95. The number of carboxylic acids is 3. The number of fused-ring (bicyclic) bond motifs is 1. The molecule has 0 radical (unpaired) electrons. The normalized spacial score (nSPS) is 12.7. The van der Waals surface area contributed by atoms with Crippen LogP contribution in [0.15, 0.2) is 67.0 Å². The molecule has 4 aromatic rings. The zero-order chi connectivity index (χ0) is 31.1. The minimum atomic E-state index is -2.74. The maximum Gasteiger partial charge on any atom is 0.336 e. The molecule has 0 amide bonds. The number of hydrogen-bond donors (Lipinski definition) is 6. The van der Waals surface area contributed by atoms with E-state index in [-0.39, 0.29) is 18.2 Å². The van der Waals surface area contributed by atoms with Crippen molar-refractivity contribution in [1.82, 2.24) is 20.5 Å². The lowest BCUT2D eigenvalue weighted by molar-refractivity contribution is -0.170. The summed E-state index contributed by atoms with van der Waals surface area (Å²) in [7, 11) is 0. The third kappa shape index (κ3) is 7.84. The zero-order valence-corrected chi connectivity index (χ0v) is 22.6. The van der Waals surface area contributed by atoms with Crippen LogP contribution in [-0.4, -0.2) is 65.2 Å². The number of aromatic amines is 1. The minimum absolute atomic E-state index is 0.0705. The highest BCUT2D eigenvalue weighted by atomic mass is 19.1. The molecule has 0 bridgehead atoms. The Balaban J connectivity index is 0.000000277. The van der Waals surface area contributed by atoms with E-state index in [1.54, 1.807) is 0 Å². The quantitative estimate of drug-likeness (QED) is 0.159. The molecule has 3 aromatic carbocycles. The van der Waals surface area contributed by atoms with Gasteiger partial charge in [-0.3, -0.25) is 14.7 Å². The molecule has 6 N–H and O–H groups in total. The first-order valence-electron chi connectivity index (χ1n) is 13.1. The smallest absolute Gasteiger partial charge is 0.336 e. The van der Waals surface area contributed by atoms with E-state index in [1.807, 2.05) is 36.4 Å². The zero-order valence-electron chi connectivity index (χ0n) is 22.6. The van der Waals surface area contributed by atoms with Crippen molar-refractivity contribution in [2.45, 2.75) is 43.9 Å². The van der Waals surface area contributed by atoms with E-state index in [0.29, 0.717) is 17.0 Å². The number of nitrogens with zero attached hydrogens (tertiary/aromatic N) is 2. The van der Waals surface area contributed by atoms with Crippen molar-refractivity contribution >= 4 is 17.9 Å². The van der Waals surface area contributed by atoms with Gasteiger partial charge in [-0.2, -0.15) is 5.10 Å². The molecule has 1 aromatic heterocycles. The van der Waals surface area contributed by atoms with Crippen molar-refractivity contribution in [2.75, 3.05) is 0 Å². The molecule has 43 heavy (non-hydrogen) atoms. The Labute approximate surface area is 243 Å². The molecule has 5 rings (SSSR count). The van der Waals surface area contributed by atoms with Crippen LogP contribution in [-0.2, 0) is 33.8 Å². The van der Waals surface area contributed by atoms with Crippen LogP contribution in [0.2, 0.25) is 0 Å². The number of nitrogens with one attached hydrogen (secondary N) is 2. The number of carbonyl (C=O) groups is 3. The summed E-state index contributed by atoms with van der Waals surface area (Å²) in [5.74, 6) is -5.50. The third-order valence-electron chi connectivity index (χ3n) is 6.93. The van der Waals surface area contributed by atoms with Gasteiger partial charge in [0.05, 0.1) is 12.8 Å². The highest BCUT2D eigenvalue weighted by molar-refractivity contribution is 5.88. The minimum Gasteiger partial charge on any atom is -0.481 e. The molecule has 0 spiro atoms. The van der Waals surface area contributed by atoms with E-state index in [9.17, 15) is 23.2 Å². The average molecular weight is 595 g/mol. The number of halogens is 2. The molecule has 0 saturated carbocycles. The highest BCUT2D eigenvalue weighted by Crippen LogP contribution is 2.28. The summed E-state index contributed by atoms with van der Waals surface area (Å²) < 4.78 is 29.6. The molecule has 0 unspecified atom stereocenters. The number of aromatic nitrogens is 3.